The average Bonchev–Trinajstić information content (AvgIpc) is 2.70. The Morgan fingerprint density at radius 3 is 2.39 bits per heavy atom. The van der Waals surface area contributed by atoms with Gasteiger partial charge in [0.2, 0.25) is 5.91 Å². The number of nitrogens with one attached hydrogen (secondary N) is 1. The van der Waals surface area contributed by atoms with E-state index in [9.17, 15) is 9.59 Å². The number of hydrogen-bond acceptors (Lipinski definition) is 4. The molecule has 2 rings (SSSR count). The van der Waals surface area contributed by atoms with E-state index in [0.29, 0.717) is 38.7 Å². The molecule has 31 heavy (non-hydrogen) atoms. The topological polar surface area (TPSA) is 100 Å². The molecule has 1 fully saturated rings. The molecule has 3 N–H and O–H groups in total. The summed E-state index contributed by atoms with van der Waals surface area (Å²) >= 11 is 0. The Morgan fingerprint density at radius 2 is 1.81 bits per heavy atom. The Labute approximate surface area is 202 Å². The predicted molar refractivity (Wildman–Crippen MR) is 135 cm³/mol. The van der Waals surface area contributed by atoms with Crippen molar-refractivity contribution in [3.8, 4) is 0 Å². The molecule has 1 aromatic rings. The molecule has 0 aromatic heterocycles. The second-order valence-electron chi connectivity index (χ2n) is 8.63. The van der Waals surface area contributed by atoms with Gasteiger partial charge in [0.15, 0.2) is 5.96 Å². The minimum absolute atomic E-state index is 0. The molecule has 1 heterocycles. The van der Waals surface area contributed by atoms with Crippen LogP contribution in [0.1, 0.15) is 46.6 Å². The van der Waals surface area contributed by atoms with Crippen molar-refractivity contribution in [3.63, 3.8) is 0 Å². The zero-order valence-electron chi connectivity index (χ0n) is 19.2. The molecule has 1 aliphatic heterocycles. The number of amides is 2. The maximum absolute atomic E-state index is 12.2. The van der Waals surface area contributed by atoms with E-state index < -0.39 is 5.60 Å². The van der Waals surface area contributed by atoms with Gasteiger partial charge in [0.1, 0.15) is 5.60 Å². The fourth-order valence-electron chi connectivity index (χ4n) is 2.92. The van der Waals surface area contributed by atoms with Gasteiger partial charge in [0, 0.05) is 37.8 Å². The number of piperazine rings is 1. The number of ether oxygens (including phenoxy) is 1. The van der Waals surface area contributed by atoms with Gasteiger partial charge in [-0.1, -0.05) is 26.0 Å². The number of benzene rings is 1. The molecule has 0 aliphatic carbocycles. The number of halogens is 1. The van der Waals surface area contributed by atoms with Crippen LogP contribution in [-0.2, 0) is 16.1 Å². The van der Waals surface area contributed by atoms with Crippen LogP contribution in [0.5, 0.6) is 0 Å². The van der Waals surface area contributed by atoms with Crippen molar-refractivity contribution in [2.75, 3.05) is 31.5 Å². The maximum Gasteiger partial charge on any atom is 0.410 e. The third-order valence-corrected chi connectivity index (χ3v) is 4.93. The van der Waals surface area contributed by atoms with Crippen LogP contribution in [0.2, 0.25) is 0 Å². The van der Waals surface area contributed by atoms with Crippen LogP contribution in [0.15, 0.2) is 29.3 Å². The summed E-state index contributed by atoms with van der Waals surface area (Å²) in [6, 6.07) is 7.63. The van der Waals surface area contributed by atoms with Gasteiger partial charge >= 0.3 is 6.09 Å². The molecule has 9 heteroatoms. The highest BCUT2D eigenvalue weighted by atomic mass is 127. The van der Waals surface area contributed by atoms with Crippen molar-refractivity contribution in [1.29, 1.82) is 0 Å². The number of carbonyl (C=O) groups is 2. The van der Waals surface area contributed by atoms with E-state index in [1.54, 1.807) is 4.90 Å². The molecule has 1 aliphatic rings. The second kappa shape index (κ2) is 12.1. The van der Waals surface area contributed by atoms with Crippen molar-refractivity contribution in [3.05, 3.63) is 29.8 Å². The van der Waals surface area contributed by atoms with Crippen LogP contribution in [-0.4, -0.2) is 59.5 Å². The lowest BCUT2D eigenvalue weighted by atomic mass is 10.1. The minimum Gasteiger partial charge on any atom is -0.444 e. The summed E-state index contributed by atoms with van der Waals surface area (Å²) < 4.78 is 5.42. The fraction of sp³-hybridized carbons (Fsp3) is 0.591. The van der Waals surface area contributed by atoms with Crippen molar-refractivity contribution in [2.24, 2.45) is 16.6 Å². The molecule has 1 atom stereocenters. The number of rotatable bonds is 5. The Morgan fingerprint density at radius 1 is 1.19 bits per heavy atom. The van der Waals surface area contributed by atoms with E-state index >= 15 is 0 Å². The van der Waals surface area contributed by atoms with Crippen LogP contribution in [0, 0.1) is 5.92 Å². The third-order valence-electron chi connectivity index (χ3n) is 4.93. The molecular weight excluding hydrogens is 509 g/mol. The number of nitrogens with two attached hydrogens (primary N) is 1. The van der Waals surface area contributed by atoms with Crippen molar-refractivity contribution < 1.29 is 14.3 Å². The molecule has 0 bridgehead atoms. The first-order valence-electron chi connectivity index (χ1n) is 10.5. The lowest BCUT2D eigenvalue weighted by Gasteiger charge is -2.36. The molecule has 2 amide bonds. The Hall–Kier alpha value is -2.04. The lowest BCUT2D eigenvalue weighted by molar-refractivity contribution is -0.119. The summed E-state index contributed by atoms with van der Waals surface area (Å²) in [6.07, 6.45) is 0.502. The molecule has 1 saturated heterocycles. The molecule has 174 valence electrons. The summed E-state index contributed by atoms with van der Waals surface area (Å²) in [5.74, 6) is 0.440. The molecule has 0 spiro atoms. The van der Waals surface area contributed by atoms with Crippen LogP contribution in [0.4, 0.5) is 10.5 Å². The monoisotopic (exact) mass is 545 g/mol. The van der Waals surface area contributed by atoms with Crippen LogP contribution >= 0.6 is 24.0 Å². The second-order valence-corrected chi connectivity index (χ2v) is 8.63. The molecule has 0 radical (unpaired) electrons. The average molecular weight is 545 g/mol. The highest BCUT2D eigenvalue weighted by Crippen LogP contribution is 2.15. The first kappa shape index (κ1) is 27.0. The number of hydrogen-bond donors (Lipinski definition) is 2. The van der Waals surface area contributed by atoms with E-state index in [2.05, 4.69) is 10.3 Å². The predicted octanol–water partition coefficient (Wildman–Crippen LogP) is 3.66. The Bertz CT molecular complexity index is 771. The number of carbonyl (C=O) groups excluding carboxylic acids is 2. The number of guanidine groups is 1. The van der Waals surface area contributed by atoms with E-state index in [-0.39, 0.29) is 41.9 Å². The van der Waals surface area contributed by atoms with Gasteiger partial charge in [-0.3, -0.25) is 4.79 Å². The largest absolute Gasteiger partial charge is 0.444 e. The van der Waals surface area contributed by atoms with Gasteiger partial charge in [0.25, 0.3) is 0 Å². The highest BCUT2D eigenvalue weighted by Gasteiger charge is 2.26. The molecule has 8 nitrogen and oxygen atoms in total. The molecule has 1 unspecified atom stereocenters. The van der Waals surface area contributed by atoms with E-state index in [1.165, 1.54) is 0 Å². The third kappa shape index (κ3) is 8.92. The van der Waals surface area contributed by atoms with E-state index in [4.69, 9.17) is 10.5 Å². The Balaban J connectivity index is 0.00000480. The number of nitrogens with zero attached hydrogens (tertiary/aromatic N) is 3. The Kier molecular flexibility index (Phi) is 10.5. The summed E-state index contributed by atoms with van der Waals surface area (Å²) in [5.41, 5.74) is 7.39. The highest BCUT2D eigenvalue weighted by molar-refractivity contribution is 14.0. The summed E-state index contributed by atoms with van der Waals surface area (Å²) in [6.45, 7) is 12.2. The zero-order chi connectivity index (χ0) is 22.3. The van der Waals surface area contributed by atoms with Crippen LogP contribution in [0.25, 0.3) is 0 Å². The zero-order valence-corrected chi connectivity index (χ0v) is 21.5. The van der Waals surface area contributed by atoms with Crippen molar-refractivity contribution in [1.82, 2.24) is 9.80 Å². The van der Waals surface area contributed by atoms with E-state index in [0.717, 1.165) is 17.7 Å². The first-order chi connectivity index (χ1) is 14.1. The SMILES string of the molecule is CCC(C)C(=O)Nc1cccc(CN=C(N)N2CCN(C(=O)OC(C)(C)C)CC2)c1.I. The van der Waals surface area contributed by atoms with Gasteiger partial charge < -0.3 is 25.6 Å². The van der Waals surface area contributed by atoms with Gasteiger partial charge in [0.05, 0.1) is 6.54 Å². The van der Waals surface area contributed by atoms with Gasteiger partial charge in [-0.25, -0.2) is 9.79 Å². The molecule has 0 saturated carbocycles. The number of aliphatic imine (C=N–C) groups is 1. The molecule has 1 aromatic carbocycles. The van der Waals surface area contributed by atoms with Crippen molar-refractivity contribution >= 4 is 47.6 Å². The van der Waals surface area contributed by atoms with Crippen molar-refractivity contribution in [2.45, 2.75) is 53.2 Å². The summed E-state index contributed by atoms with van der Waals surface area (Å²) in [4.78, 5) is 32.4. The fourth-order valence-corrected chi connectivity index (χ4v) is 2.92. The maximum atomic E-state index is 12.2. The lowest BCUT2D eigenvalue weighted by Crippen LogP contribution is -2.53. The minimum atomic E-state index is -0.503. The standard InChI is InChI=1S/C22H35N5O3.HI/c1-6-16(2)19(28)25-18-9-7-8-17(14-18)15-24-20(23)26-10-12-27(13-11-26)21(29)30-22(3,4)5;/h7-9,14,16H,6,10-13,15H2,1-5H3,(H2,23,24)(H,25,28);1H. The van der Waals surface area contributed by atoms with Gasteiger partial charge in [-0.15, -0.1) is 24.0 Å². The number of anilines is 1. The van der Waals surface area contributed by atoms with Gasteiger partial charge in [-0.05, 0) is 44.9 Å². The van der Waals surface area contributed by atoms with Crippen LogP contribution < -0.4 is 11.1 Å². The van der Waals surface area contributed by atoms with E-state index in [1.807, 2.05) is 63.8 Å². The summed E-state index contributed by atoms with van der Waals surface area (Å²) in [5, 5.41) is 2.94. The summed E-state index contributed by atoms with van der Waals surface area (Å²) in [7, 11) is 0. The quantitative estimate of drug-likeness (QED) is 0.334. The molecular formula is C22H36IN5O3. The normalized spacial score (nSPS) is 15.7. The smallest absolute Gasteiger partial charge is 0.410 e. The van der Waals surface area contributed by atoms with Gasteiger partial charge in [-0.2, -0.15) is 0 Å². The first-order valence-corrected chi connectivity index (χ1v) is 10.5. The van der Waals surface area contributed by atoms with Crippen LogP contribution in [0.3, 0.4) is 0 Å².